The Morgan fingerprint density at radius 3 is 2.59 bits per heavy atom. The fraction of sp³-hybridized carbons (Fsp3) is 0.250. The van der Waals surface area contributed by atoms with Crippen LogP contribution in [0.4, 0.5) is 15.8 Å². The van der Waals surface area contributed by atoms with Crippen molar-refractivity contribution in [1.82, 2.24) is 19.4 Å². The van der Waals surface area contributed by atoms with Crippen LogP contribution in [0.15, 0.2) is 69.3 Å². The van der Waals surface area contributed by atoms with Gasteiger partial charge in [-0.3, -0.25) is 4.79 Å². The molecule has 2 aromatic carbocycles. The number of hydrogen-bond donors (Lipinski definition) is 1. The van der Waals surface area contributed by atoms with Gasteiger partial charge in [0.25, 0.3) is 0 Å². The lowest BCUT2D eigenvalue weighted by atomic mass is 10.1. The summed E-state index contributed by atoms with van der Waals surface area (Å²) in [6, 6.07) is 15.3. The smallest absolute Gasteiger partial charge is 0.367 e. The zero-order valence-corrected chi connectivity index (χ0v) is 20.0. The summed E-state index contributed by atoms with van der Waals surface area (Å²) < 4.78 is 15.7. The van der Waals surface area contributed by atoms with E-state index < -0.39 is 5.69 Å². The van der Waals surface area contributed by atoms with E-state index >= 15 is 0 Å². The molecule has 8 nitrogen and oxygen atoms in total. The molecule has 0 saturated carbocycles. The van der Waals surface area contributed by atoms with Gasteiger partial charge in [-0.2, -0.15) is 9.61 Å². The van der Waals surface area contributed by atoms with Gasteiger partial charge < -0.3 is 10.2 Å². The molecule has 0 aliphatic rings. The van der Waals surface area contributed by atoms with E-state index in [0.717, 1.165) is 33.5 Å². The Morgan fingerprint density at radius 1 is 1.09 bits per heavy atom. The van der Waals surface area contributed by atoms with Gasteiger partial charge in [-0.05, 0) is 74.9 Å². The van der Waals surface area contributed by atoms with Gasteiger partial charge in [-0.25, -0.2) is 13.9 Å². The Labute approximate surface area is 200 Å². The lowest BCUT2D eigenvalue weighted by molar-refractivity contribution is -0.117. The zero-order valence-electron chi connectivity index (χ0n) is 19.2. The first kappa shape index (κ1) is 23.5. The lowest BCUT2D eigenvalue weighted by Gasteiger charge is -2.22. The van der Waals surface area contributed by atoms with Crippen LogP contribution in [0.5, 0.6) is 0 Å². The number of nitrogens with zero attached hydrogens (tertiary/aromatic N) is 5. The van der Waals surface area contributed by atoms with E-state index in [0.29, 0.717) is 21.3 Å². The van der Waals surface area contributed by atoms with Crippen LogP contribution in [-0.4, -0.2) is 38.4 Å². The zero-order chi connectivity index (χ0) is 24.2. The number of aryl methyl sites for hydroxylation is 1. The molecule has 0 saturated heterocycles. The van der Waals surface area contributed by atoms with Gasteiger partial charge in [0.2, 0.25) is 5.91 Å². The molecule has 0 radical (unpaired) electrons. The SMILES string of the molecule is CCN(CC)c1ccc(NC(=O)Cn2nc3ccc(Sc4cccc(F)c4)nn3c2=O)c(C)c1. The topological polar surface area (TPSA) is 84.5 Å². The molecule has 4 rings (SSSR count). The molecule has 34 heavy (non-hydrogen) atoms. The van der Waals surface area contributed by atoms with Crippen LogP contribution in [0.3, 0.4) is 0 Å². The molecule has 0 aliphatic carbocycles. The summed E-state index contributed by atoms with van der Waals surface area (Å²) in [5, 5.41) is 11.9. The van der Waals surface area contributed by atoms with Crippen molar-refractivity contribution in [3.63, 3.8) is 0 Å². The van der Waals surface area contributed by atoms with Crippen molar-refractivity contribution in [2.75, 3.05) is 23.3 Å². The molecule has 1 N–H and O–H groups in total. The minimum absolute atomic E-state index is 0.244. The number of benzene rings is 2. The fourth-order valence-corrected chi connectivity index (χ4v) is 4.42. The van der Waals surface area contributed by atoms with Gasteiger partial charge in [0.1, 0.15) is 17.4 Å². The standard InChI is InChI=1S/C24H25FN6O2S/c1-4-29(5-2)18-9-10-20(16(3)13-18)26-22(32)15-30-24(33)31-21(27-30)11-12-23(28-31)34-19-8-6-7-17(25)14-19/h6-14H,4-5,15H2,1-3H3,(H,26,32). The third kappa shape index (κ3) is 5.12. The Bertz CT molecular complexity index is 1400. The molecular weight excluding hydrogens is 455 g/mol. The van der Waals surface area contributed by atoms with E-state index in [2.05, 4.69) is 34.3 Å². The molecule has 0 fully saturated rings. The van der Waals surface area contributed by atoms with Gasteiger partial charge in [-0.1, -0.05) is 17.8 Å². The van der Waals surface area contributed by atoms with Crippen molar-refractivity contribution >= 4 is 34.7 Å². The summed E-state index contributed by atoms with van der Waals surface area (Å²) in [6.07, 6.45) is 0. The van der Waals surface area contributed by atoms with Crippen molar-refractivity contribution in [2.24, 2.45) is 0 Å². The van der Waals surface area contributed by atoms with E-state index in [1.165, 1.54) is 23.9 Å². The van der Waals surface area contributed by atoms with Crippen LogP contribution in [0, 0.1) is 12.7 Å². The number of halogens is 1. The van der Waals surface area contributed by atoms with Crippen molar-refractivity contribution in [1.29, 1.82) is 0 Å². The fourth-order valence-electron chi connectivity index (χ4n) is 3.60. The Morgan fingerprint density at radius 2 is 1.88 bits per heavy atom. The van der Waals surface area contributed by atoms with E-state index in [4.69, 9.17) is 0 Å². The quantitative estimate of drug-likeness (QED) is 0.411. The van der Waals surface area contributed by atoms with Crippen molar-refractivity contribution in [3.8, 4) is 0 Å². The maximum Gasteiger partial charge on any atom is 0.367 e. The van der Waals surface area contributed by atoms with Gasteiger partial charge in [0.15, 0.2) is 5.65 Å². The van der Waals surface area contributed by atoms with Crippen LogP contribution in [0.25, 0.3) is 5.65 Å². The maximum absolute atomic E-state index is 13.4. The molecule has 0 bridgehead atoms. The molecule has 2 heterocycles. The second-order valence-electron chi connectivity index (χ2n) is 7.66. The summed E-state index contributed by atoms with van der Waals surface area (Å²) in [6.45, 7) is 7.68. The summed E-state index contributed by atoms with van der Waals surface area (Å²) in [5.74, 6) is -0.710. The molecule has 0 aliphatic heterocycles. The average molecular weight is 481 g/mol. The predicted molar refractivity (Wildman–Crippen MR) is 131 cm³/mol. The normalized spacial score (nSPS) is 11.1. The highest BCUT2D eigenvalue weighted by Gasteiger charge is 2.14. The summed E-state index contributed by atoms with van der Waals surface area (Å²) in [7, 11) is 0. The predicted octanol–water partition coefficient (Wildman–Crippen LogP) is 3.97. The highest BCUT2D eigenvalue weighted by molar-refractivity contribution is 7.99. The van der Waals surface area contributed by atoms with Gasteiger partial charge >= 0.3 is 5.69 Å². The second-order valence-corrected chi connectivity index (χ2v) is 8.75. The molecule has 1 amide bonds. The van der Waals surface area contributed by atoms with E-state index in [1.807, 2.05) is 25.1 Å². The number of rotatable bonds is 8. The minimum atomic E-state index is -0.527. The molecule has 2 aromatic heterocycles. The Hall–Kier alpha value is -3.66. The van der Waals surface area contributed by atoms with Gasteiger partial charge in [0.05, 0.1) is 0 Å². The third-order valence-electron chi connectivity index (χ3n) is 5.34. The highest BCUT2D eigenvalue weighted by Crippen LogP contribution is 2.26. The first-order chi connectivity index (χ1) is 16.4. The lowest BCUT2D eigenvalue weighted by Crippen LogP contribution is -2.29. The van der Waals surface area contributed by atoms with Gasteiger partial charge in [-0.15, -0.1) is 5.10 Å². The Balaban J connectivity index is 1.49. The minimum Gasteiger partial charge on any atom is -0.372 e. The monoisotopic (exact) mass is 480 g/mol. The number of anilines is 2. The van der Waals surface area contributed by atoms with E-state index in [1.54, 1.807) is 24.3 Å². The van der Waals surface area contributed by atoms with E-state index in [-0.39, 0.29) is 18.3 Å². The Kier molecular flexibility index (Phi) is 6.97. The van der Waals surface area contributed by atoms with Crippen LogP contribution < -0.4 is 15.9 Å². The average Bonchev–Trinajstić information content (AvgIpc) is 3.11. The molecule has 0 spiro atoms. The number of nitrogens with one attached hydrogen (secondary N) is 1. The number of amides is 1. The number of fused-ring (bicyclic) bond motifs is 1. The summed E-state index contributed by atoms with van der Waals surface area (Å²) in [5.41, 5.74) is 2.50. The summed E-state index contributed by atoms with van der Waals surface area (Å²) >= 11 is 1.23. The van der Waals surface area contributed by atoms with Crippen molar-refractivity contribution in [2.45, 2.75) is 37.2 Å². The molecule has 4 aromatic rings. The molecule has 0 unspecified atom stereocenters. The van der Waals surface area contributed by atoms with Crippen LogP contribution >= 0.6 is 11.8 Å². The number of carbonyl (C=O) groups is 1. The highest BCUT2D eigenvalue weighted by atomic mass is 32.2. The molecule has 10 heteroatoms. The first-order valence-corrected chi connectivity index (χ1v) is 11.8. The van der Waals surface area contributed by atoms with Crippen LogP contribution in [0.2, 0.25) is 0 Å². The first-order valence-electron chi connectivity index (χ1n) is 10.9. The summed E-state index contributed by atoms with van der Waals surface area (Å²) in [4.78, 5) is 28.3. The van der Waals surface area contributed by atoms with Crippen molar-refractivity contribution in [3.05, 3.63) is 76.5 Å². The van der Waals surface area contributed by atoms with E-state index in [9.17, 15) is 14.0 Å². The second kappa shape index (κ2) is 10.1. The van der Waals surface area contributed by atoms with Crippen LogP contribution in [0.1, 0.15) is 19.4 Å². The molecular formula is C24H25FN6O2S. The maximum atomic E-state index is 13.4. The molecule has 176 valence electrons. The van der Waals surface area contributed by atoms with Crippen molar-refractivity contribution < 1.29 is 9.18 Å². The molecule has 0 atom stereocenters. The number of hydrogen-bond acceptors (Lipinski definition) is 6. The largest absolute Gasteiger partial charge is 0.372 e. The van der Waals surface area contributed by atoms with Gasteiger partial charge in [0, 0.05) is 29.4 Å². The van der Waals surface area contributed by atoms with Crippen LogP contribution in [-0.2, 0) is 11.3 Å². The number of aromatic nitrogens is 4. The third-order valence-corrected chi connectivity index (χ3v) is 6.26. The number of carbonyl (C=O) groups excluding carboxylic acids is 1.